The number of halogens is 1. The summed E-state index contributed by atoms with van der Waals surface area (Å²) in [4.78, 5) is 27.9. The van der Waals surface area contributed by atoms with Gasteiger partial charge in [0, 0.05) is 16.6 Å². The number of benzene rings is 4. The number of pyridine rings is 1. The van der Waals surface area contributed by atoms with Crippen LogP contribution in [0.5, 0.6) is 0 Å². The number of hydrogen-bond donors (Lipinski definition) is 1. The number of carbonyl (C=O) groups is 1. The summed E-state index contributed by atoms with van der Waals surface area (Å²) in [6, 6.07) is 32.6. The summed E-state index contributed by atoms with van der Waals surface area (Å²) in [6.45, 7) is 0.123. The Bertz CT molecular complexity index is 1750. The zero-order chi connectivity index (χ0) is 25.5. The molecular weight excluding hydrogens is 502 g/mol. The Hall–Kier alpha value is -4.13. The van der Waals surface area contributed by atoms with E-state index in [4.69, 9.17) is 17.0 Å². The normalized spacial score (nSPS) is 13.5. The number of thioether (sulfide) groups is 1. The van der Waals surface area contributed by atoms with Gasteiger partial charge in [0.2, 0.25) is 5.12 Å². The minimum atomic E-state index is -0.199. The Balaban J connectivity index is 1.79. The molecule has 4 aromatic carbocycles. The number of fused-ring (bicyclic) bond motifs is 1. The first kappa shape index (κ1) is 23.3. The number of carbonyl (C=O) groups excluding carboxylic acids is 1. The molecule has 0 unspecified atom stereocenters. The minimum Gasteiger partial charge on any atom is -0.313 e. The zero-order valence-corrected chi connectivity index (χ0v) is 21.1. The van der Waals surface area contributed by atoms with Crippen molar-refractivity contribution in [3.05, 3.63) is 119 Å². The number of para-hydroxylation sites is 1. The summed E-state index contributed by atoms with van der Waals surface area (Å²) in [5, 5.41) is 10.1. The lowest BCUT2D eigenvalue weighted by molar-refractivity contribution is -0.109. The smallest absolute Gasteiger partial charge is 0.263 e. The highest BCUT2D eigenvalue weighted by Gasteiger charge is 2.28. The summed E-state index contributed by atoms with van der Waals surface area (Å²) in [7, 11) is 0. The average Bonchev–Trinajstić information content (AvgIpc) is 3.27. The predicted molar refractivity (Wildman–Crippen MR) is 153 cm³/mol. The molecule has 1 aromatic heterocycles. The van der Waals surface area contributed by atoms with Crippen molar-refractivity contribution in [1.29, 1.82) is 5.41 Å². The first-order valence-corrected chi connectivity index (χ1v) is 12.9. The lowest BCUT2D eigenvalue weighted by Crippen LogP contribution is -2.25. The average molecular weight is 522 g/mol. The van der Waals surface area contributed by atoms with Crippen molar-refractivity contribution in [2.45, 2.75) is 0 Å². The number of aromatic nitrogens is 1. The molecule has 1 N–H and O–H groups in total. The second-order valence-electron chi connectivity index (χ2n) is 8.64. The maximum Gasteiger partial charge on any atom is 0.263 e. The van der Waals surface area contributed by atoms with Crippen LogP contribution in [-0.2, 0) is 4.79 Å². The molecule has 0 atom stereocenters. The molecule has 0 aliphatic carbocycles. The van der Waals surface area contributed by atoms with Gasteiger partial charge in [0.15, 0.2) is 5.17 Å². The highest BCUT2D eigenvalue weighted by molar-refractivity contribution is 8.27. The number of anilines is 1. The van der Waals surface area contributed by atoms with Gasteiger partial charge in [0.1, 0.15) is 0 Å². The van der Waals surface area contributed by atoms with Gasteiger partial charge in [-0.15, -0.1) is 0 Å². The van der Waals surface area contributed by atoms with Gasteiger partial charge in [-0.1, -0.05) is 84.4 Å². The number of amidine groups is 1. The number of nitrogens with zero attached hydrogens (tertiary/aromatic N) is 2. The Morgan fingerprint density at radius 1 is 0.757 bits per heavy atom. The fourth-order valence-corrected chi connectivity index (χ4v) is 5.70. The Kier molecular flexibility index (Phi) is 5.91. The fourth-order valence-electron chi connectivity index (χ4n) is 4.79. The molecule has 5 nitrogen and oxygen atoms in total. The summed E-state index contributed by atoms with van der Waals surface area (Å²) in [5.41, 5.74) is 4.48. The molecule has 180 valence electrons. The van der Waals surface area contributed by atoms with E-state index in [1.165, 1.54) is 0 Å². The fraction of sp³-hybridized carbons (Fsp3) is 0.0333. The van der Waals surface area contributed by atoms with Crippen LogP contribution in [0.4, 0.5) is 5.69 Å². The van der Waals surface area contributed by atoms with Crippen molar-refractivity contribution in [3.8, 4) is 28.1 Å². The number of rotatable bonds is 4. The summed E-state index contributed by atoms with van der Waals surface area (Å²) in [5.74, 6) is 0. The molecule has 6 rings (SSSR count). The minimum absolute atomic E-state index is 0.0764. The van der Waals surface area contributed by atoms with Crippen molar-refractivity contribution in [2.75, 3.05) is 11.4 Å². The monoisotopic (exact) mass is 521 g/mol. The Labute approximate surface area is 222 Å². The van der Waals surface area contributed by atoms with E-state index in [9.17, 15) is 9.59 Å². The molecular formula is C30H20ClN3O2S. The van der Waals surface area contributed by atoms with Crippen LogP contribution in [-0.4, -0.2) is 21.4 Å². The van der Waals surface area contributed by atoms with Crippen molar-refractivity contribution < 1.29 is 4.79 Å². The summed E-state index contributed by atoms with van der Waals surface area (Å²) in [6.07, 6.45) is 0. The van der Waals surface area contributed by atoms with E-state index in [1.54, 1.807) is 27.7 Å². The van der Waals surface area contributed by atoms with E-state index in [0.29, 0.717) is 21.8 Å². The molecule has 1 fully saturated rings. The standard InChI is InChI=1S/C30H20ClN3O2S/c31-24-13-7-8-14-25(24)34-28(20-11-5-2-6-12-20)27(19-9-3-1-4-10-19)23-17-21(15-16-22(23)29(34)36)33-18-26(35)37-30(33)32/h1-17,32H,18H2. The molecule has 0 bridgehead atoms. The highest BCUT2D eigenvalue weighted by Crippen LogP contribution is 2.40. The topological polar surface area (TPSA) is 66.2 Å². The second kappa shape index (κ2) is 9.39. The van der Waals surface area contributed by atoms with Gasteiger partial charge in [-0.3, -0.25) is 19.6 Å². The molecule has 0 radical (unpaired) electrons. The third kappa shape index (κ3) is 4.04. The second-order valence-corrected chi connectivity index (χ2v) is 10.1. The van der Waals surface area contributed by atoms with E-state index in [2.05, 4.69) is 0 Å². The molecule has 7 heteroatoms. The zero-order valence-electron chi connectivity index (χ0n) is 19.5. The number of nitrogens with one attached hydrogen (secondary N) is 1. The van der Waals surface area contributed by atoms with Crippen LogP contribution < -0.4 is 10.5 Å². The lowest BCUT2D eigenvalue weighted by Gasteiger charge is -2.23. The van der Waals surface area contributed by atoms with Crippen molar-refractivity contribution in [1.82, 2.24) is 4.57 Å². The molecule has 1 saturated heterocycles. The van der Waals surface area contributed by atoms with Gasteiger partial charge in [-0.05, 0) is 58.6 Å². The lowest BCUT2D eigenvalue weighted by atomic mass is 9.93. The van der Waals surface area contributed by atoms with Crippen molar-refractivity contribution in [3.63, 3.8) is 0 Å². The molecule has 0 amide bonds. The van der Waals surface area contributed by atoms with Gasteiger partial charge >= 0.3 is 0 Å². The molecule has 0 saturated carbocycles. The molecule has 1 aliphatic heterocycles. The molecule has 37 heavy (non-hydrogen) atoms. The highest BCUT2D eigenvalue weighted by atomic mass is 35.5. The quantitative estimate of drug-likeness (QED) is 0.277. The van der Waals surface area contributed by atoms with Crippen molar-refractivity contribution >= 4 is 50.1 Å². The maximum absolute atomic E-state index is 14.2. The molecule has 2 heterocycles. The summed E-state index contributed by atoms with van der Waals surface area (Å²) < 4.78 is 1.69. The molecule has 1 aliphatic rings. The van der Waals surface area contributed by atoms with Gasteiger partial charge in [-0.2, -0.15) is 0 Å². The SMILES string of the molecule is N=C1SC(=O)CN1c1ccc2c(=O)n(-c3ccccc3Cl)c(-c3ccccc3)c(-c3ccccc3)c2c1. The van der Waals surface area contributed by atoms with E-state index in [-0.39, 0.29) is 22.4 Å². The van der Waals surface area contributed by atoms with E-state index in [1.807, 2.05) is 84.9 Å². The van der Waals surface area contributed by atoms with E-state index >= 15 is 0 Å². The van der Waals surface area contributed by atoms with Crippen LogP contribution in [0.3, 0.4) is 0 Å². The van der Waals surface area contributed by atoms with Gasteiger partial charge in [0.05, 0.1) is 22.9 Å². The summed E-state index contributed by atoms with van der Waals surface area (Å²) >= 11 is 7.58. The van der Waals surface area contributed by atoms with Gasteiger partial charge < -0.3 is 4.90 Å². The third-order valence-electron chi connectivity index (χ3n) is 6.42. The van der Waals surface area contributed by atoms with E-state index < -0.39 is 0 Å². The van der Waals surface area contributed by atoms with E-state index in [0.717, 1.165) is 39.5 Å². The van der Waals surface area contributed by atoms with Gasteiger partial charge in [0.25, 0.3) is 5.56 Å². The first-order chi connectivity index (χ1) is 18.0. The molecule has 0 spiro atoms. The third-order valence-corrected chi connectivity index (χ3v) is 7.51. The first-order valence-electron chi connectivity index (χ1n) is 11.7. The maximum atomic E-state index is 14.2. The van der Waals surface area contributed by atoms with Crippen LogP contribution in [0.15, 0.2) is 108 Å². The Morgan fingerprint density at radius 2 is 1.41 bits per heavy atom. The van der Waals surface area contributed by atoms with Gasteiger partial charge in [-0.25, -0.2) is 0 Å². The largest absolute Gasteiger partial charge is 0.313 e. The van der Waals surface area contributed by atoms with Crippen LogP contribution in [0.1, 0.15) is 0 Å². The van der Waals surface area contributed by atoms with Crippen LogP contribution in [0.2, 0.25) is 5.02 Å². The van der Waals surface area contributed by atoms with Crippen LogP contribution >= 0.6 is 23.4 Å². The molecule has 5 aromatic rings. The van der Waals surface area contributed by atoms with Crippen LogP contribution in [0, 0.1) is 5.41 Å². The number of hydrogen-bond acceptors (Lipinski definition) is 4. The Morgan fingerprint density at radius 3 is 2.05 bits per heavy atom. The predicted octanol–water partition coefficient (Wildman–Crippen LogP) is 6.99. The van der Waals surface area contributed by atoms with Crippen molar-refractivity contribution in [2.24, 2.45) is 0 Å². The van der Waals surface area contributed by atoms with Crippen LogP contribution in [0.25, 0.3) is 38.8 Å².